The van der Waals surface area contributed by atoms with Gasteiger partial charge in [0.05, 0.1) is 12.0 Å². The summed E-state index contributed by atoms with van der Waals surface area (Å²) in [7, 11) is 3.88. The molecule has 1 heterocycles. The Bertz CT molecular complexity index is 497. The highest BCUT2D eigenvalue weighted by Gasteiger charge is 2.27. The lowest BCUT2D eigenvalue weighted by molar-refractivity contribution is -0.117. The monoisotopic (exact) mass is 248 g/mol. The van der Waals surface area contributed by atoms with Crippen molar-refractivity contribution in [2.45, 2.75) is 6.42 Å². The Hall–Kier alpha value is -1.88. The molecule has 0 bridgehead atoms. The van der Waals surface area contributed by atoms with Gasteiger partial charge in [0.25, 0.3) is 0 Å². The number of nitrogens with zero attached hydrogens (tertiary/aromatic N) is 2. The minimum atomic E-state index is -0.968. The second kappa shape index (κ2) is 4.78. The van der Waals surface area contributed by atoms with Gasteiger partial charge >= 0.3 is 5.97 Å². The van der Waals surface area contributed by atoms with Crippen molar-refractivity contribution in [1.29, 1.82) is 0 Å². The van der Waals surface area contributed by atoms with Gasteiger partial charge in [0.1, 0.15) is 0 Å². The molecule has 0 spiro atoms. The molecule has 0 unspecified atom stereocenters. The van der Waals surface area contributed by atoms with Crippen LogP contribution in [0, 0.1) is 0 Å². The zero-order valence-corrected chi connectivity index (χ0v) is 10.5. The maximum atomic E-state index is 11.9. The lowest BCUT2D eigenvalue weighted by Crippen LogP contribution is -2.34. The van der Waals surface area contributed by atoms with E-state index >= 15 is 0 Å². The standard InChI is InChI=1S/C13H16N2O3/c1-14(2)5-6-15-11-7-10(13(17)18)4-3-9(11)8-12(15)16/h3-4,7H,5-6,8H2,1-2H3,(H,17,18). The van der Waals surface area contributed by atoms with E-state index in [9.17, 15) is 9.59 Å². The molecule has 1 aromatic rings. The van der Waals surface area contributed by atoms with Crippen molar-refractivity contribution in [3.63, 3.8) is 0 Å². The number of carboxylic acid groups (broad SMARTS) is 1. The Balaban J connectivity index is 2.27. The maximum Gasteiger partial charge on any atom is 0.335 e. The molecule has 1 aliphatic heterocycles. The number of carbonyl (C=O) groups is 2. The van der Waals surface area contributed by atoms with Gasteiger partial charge in [-0.15, -0.1) is 0 Å². The summed E-state index contributed by atoms with van der Waals surface area (Å²) in [4.78, 5) is 26.5. The quantitative estimate of drug-likeness (QED) is 0.857. The molecule has 0 saturated heterocycles. The highest BCUT2D eigenvalue weighted by molar-refractivity contribution is 6.03. The maximum absolute atomic E-state index is 11.9. The van der Waals surface area contributed by atoms with E-state index in [0.29, 0.717) is 13.0 Å². The summed E-state index contributed by atoms with van der Waals surface area (Å²) in [5, 5.41) is 8.97. The number of fused-ring (bicyclic) bond motifs is 1. The SMILES string of the molecule is CN(C)CCN1C(=O)Cc2ccc(C(=O)O)cc21. The fourth-order valence-corrected chi connectivity index (χ4v) is 2.04. The Morgan fingerprint density at radius 3 is 2.78 bits per heavy atom. The van der Waals surface area contributed by atoms with Crippen LogP contribution in [0.5, 0.6) is 0 Å². The Kier molecular flexibility index (Phi) is 3.34. The topological polar surface area (TPSA) is 60.9 Å². The molecular formula is C13H16N2O3. The average molecular weight is 248 g/mol. The van der Waals surface area contributed by atoms with Crippen molar-refractivity contribution in [2.75, 3.05) is 32.1 Å². The molecule has 0 aliphatic carbocycles. The molecule has 1 aliphatic rings. The number of aromatic carboxylic acids is 1. The summed E-state index contributed by atoms with van der Waals surface area (Å²) in [6.45, 7) is 1.34. The molecule has 2 rings (SSSR count). The molecule has 1 aromatic carbocycles. The number of hydrogen-bond acceptors (Lipinski definition) is 3. The van der Waals surface area contributed by atoms with Crippen molar-refractivity contribution in [2.24, 2.45) is 0 Å². The molecule has 96 valence electrons. The summed E-state index contributed by atoms with van der Waals surface area (Å²) in [6.07, 6.45) is 0.364. The fourth-order valence-electron chi connectivity index (χ4n) is 2.04. The lowest BCUT2D eigenvalue weighted by Gasteiger charge is -2.20. The van der Waals surface area contributed by atoms with E-state index in [1.807, 2.05) is 19.0 Å². The van der Waals surface area contributed by atoms with Crippen LogP contribution in [0.4, 0.5) is 5.69 Å². The summed E-state index contributed by atoms with van der Waals surface area (Å²) in [5.41, 5.74) is 1.86. The highest BCUT2D eigenvalue weighted by atomic mass is 16.4. The molecule has 18 heavy (non-hydrogen) atoms. The Morgan fingerprint density at radius 2 is 2.17 bits per heavy atom. The first-order valence-electron chi connectivity index (χ1n) is 5.80. The predicted molar refractivity (Wildman–Crippen MR) is 68.0 cm³/mol. The molecule has 1 N–H and O–H groups in total. The third kappa shape index (κ3) is 2.36. The van der Waals surface area contributed by atoms with Gasteiger partial charge in [0.15, 0.2) is 0 Å². The molecule has 1 amide bonds. The zero-order valence-electron chi connectivity index (χ0n) is 10.5. The van der Waals surface area contributed by atoms with Gasteiger partial charge in [-0.25, -0.2) is 4.79 Å². The normalized spacial score (nSPS) is 14.2. The molecule has 5 nitrogen and oxygen atoms in total. The minimum Gasteiger partial charge on any atom is -0.478 e. The number of anilines is 1. The van der Waals surface area contributed by atoms with Crippen molar-refractivity contribution < 1.29 is 14.7 Å². The van der Waals surface area contributed by atoms with Gasteiger partial charge in [0.2, 0.25) is 5.91 Å². The number of likely N-dealkylation sites (N-methyl/N-ethyl adjacent to an activating group) is 1. The van der Waals surface area contributed by atoms with Crippen LogP contribution in [0.15, 0.2) is 18.2 Å². The first-order chi connectivity index (χ1) is 8.49. The molecule has 0 saturated carbocycles. The van der Waals surface area contributed by atoms with Crippen molar-refractivity contribution in [3.8, 4) is 0 Å². The second-order valence-corrected chi connectivity index (χ2v) is 4.67. The van der Waals surface area contributed by atoms with Gasteiger partial charge in [-0.3, -0.25) is 4.79 Å². The van der Waals surface area contributed by atoms with Gasteiger partial charge < -0.3 is 14.9 Å². The molecular weight excluding hydrogens is 232 g/mol. The number of rotatable bonds is 4. The Labute approximate surface area is 106 Å². The van der Waals surface area contributed by atoms with Crippen molar-refractivity contribution in [3.05, 3.63) is 29.3 Å². The van der Waals surface area contributed by atoms with E-state index in [2.05, 4.69) is 0 Å². The number of benzene rings is 1. The highest BCUT2D eigenvalue weighted by Crippen LogP contribution is 2.29. The largest absolute Gasteiger partial charge is 0.478 e. The van der Waals surface area contributed by atoms with E-state index in [4.69, 9.17) is 5.11 Å². The fraction of sp³-hybridized carbons (Fsp3) is 0.385. The van der Waals surface area contributed by atoms with E-state index in [0.717, 1.165) is 17.8 Å². The van der Waals surface area contributed by atoms with Crippen LogP contribution in [0.2, 0.25) is 0 Å². The molecule has 5 heteroatoms. The molecule has 0 radical (unpaired) electrons. The Morgan fingerprint density at radius 1 is 1.44 bits per heavy atom. The van der Waals surface area contributed by atoms with Crippen LogP contribution in [-0.4, -0.2) is 49.1 Å². The first kappa shape index (κ1) is 12.6. The molecule has 0 fully saturated rings. The first-order valence-corrected chi connectivity index (χ1v) is 5.80. The number of hydrogen-bond donors (Lipinski definition) is 1. The summed E-state index contributed by atoms with van der Waals surface area (Å²) < 4.78 is 0. The lowest BCUT2D eigenvalue weighted by atomic mass is 10.1. The molecule has 0 aromatic heterocycles. The van der Waals surface area contributed by atoms with Gasteiger partial charge in [0, 0.05) is 18.8 Å². The van der Waals surface area contributed by atoms with Gasteiger partial charge in [-0.2, -0.15) is 0 Å². The molecule has 0 atom stereocenters. The smallest absolute Gasteiger partial charge is 0.335 e. The van der Waals surface area contributed by atoms with Crippen LogP contribution in [0.1, 0.15) is 15.9 Å². The summed E-state index contributed by atoms with van der Waals surface area (Å²) >= 11 is 0. The summed E-state index contributed by atoms with van der Waals surface area (Å²) in [5.74, 6) is -0.931. The van der Waals surface area contributed by atoms with Crippen LogP contribution in [0.25, 0.3) is 0 Å². The van der Waals surface area contributed by atoms with Crippen LogP contribution >= 0.6 is 0 Å². The van der Waals surface area contributed by atoms with Crippen molar-refractivity contribution >= 4 is 17.6 Å². The van der Waals surface area contributed by atoms with Crippen LogP contribution in [0.3, 0.4) is 0 Å². The van der Waals surface area contributed by atoms with Crippen molar-refractivity contribution in [1.82, 2.24) is 4.90 Å². The van der Waals surface area contributed by atoms with E-state index < -0.39 is 5.97 Å². The van der Waals surface area contributed by atoms with E-state index in [1.165, 1.54) is 0 Å². The van der Waals surface area contributed by atoms with E-state index in [-0.39, 0.29) is 11.5 Å². The minimum absolute atomic E-state index is 0.0365. The van der Waals surface area contributed by atoms with Crippen LogP contribution in [-0.2, 0) is 11.2 Å². The number of carboxylic acids is 1. The number of amides is 1. The van der Waals surface area contributed by atoms with Crippen LogP contribution < -0.4 is 4.90 Å². The third-order valence-corrected chi connectivity index (χ3v) is 3.04. The zero-order chi connectivity index (χ0) is 13.3. The number of carbonyl (C=O) groups excluding carboxylic acids is 1. The van der Waals surface area contributed by atoms with Gasteiger partial charge in [-0.1, -0.05) is 6.07 Å². The summed E-state index contributed by atoms with van der Waals surface area (Å²) in [6, 6.07) is 4.86. The third-order valence-electron chi connectivity index (χ3n) is 3.04. The van der Waals surface area contributed by atoms with Gasteiger partial charge in [-0.05, 0) is 31.8 Å². The average Bonchev–Trinajstić information content (AvgIpc) is 2.60. The van der Waals surface area contributed by atoms with E-state index in [1.54, 1.807) is 23.1 Å². The second-order valence-electron chi connectivity index (χ2n) is 4.67. The predicted octanol–water partition coefficient (Wildman–Crippen LogP) is 0.836.